The van der Waals surface area contributed by atoms with Crippen molar-refractivity contribution >= 4 is 81.4 Å². The van der Waals surface area contributed by atoms with Crippen LogP contribution in [-0.2, 0) is 22.4 Å². The summed E-state index contributed by atoms with van der Waals surface area (Å²) >= 11 is 0. The number of hydrogen-bond donors (Lipinski definition) is 0. The van der Waals surface area contributed by atoms with Gasteiger partial charge in [-0.05, 0) is 86.5 Å². The van der Waals surface area contributed by atoms with Gasteiger partial charge >= 0.3 is 5.97 Å². The van der Waals surface area contributed by atoms with Crippen molar-refractivity contribution in [3.63, 3.8) is 0 Å². The zero-order chi connectivity index (χ0) is 31.7. The molecule has 3 heteroatoms. The van der Waals surface area contributed by atoms with Crippen LogP contribution in [0, 0.1) is 16.7 Å². The minimum absolute atomic E-state index is 0.0495. The van der Waals surface area contributed by atoms with Crippen LogP contribution in [0.3, 0.4) is 0 Å². The molecular weight excluding hydrogens is 574 g/mol. The van der Waals surface area contributed by atoms with Crippen LogP contribution in [0.2, 0.25) is 0 Å². The number of nitrogens with zero attached hydrogens (tertiary/aromatic N) is 1. The predicted molar refractivity (Wildman–Crippen MR) is 194 cm³/mol. The second kappa shape index (κ2) is 10.3. The van der Waals surface area contributed by atoms with Crippen LogP contribution in [0.15, 0.2) is 134 Å². The molecule has 222 valence electrons. The van der Waals surface area contributed by atoms with Crippen molar-refractivity contribution < 1.29 is 9.53 Å². The smallest absolute Gasteiger partial charge is 0.327 e. The Morgan fingerprint density at radius 3 is 1.60 bits per heavy atom. The highest BCUT2D eigenvalue weighted by atomic mass is 16.5. The van der Waals surface area contributed by atoms with E-state index in [0.717, 1.165) is 32.7 Å². The maximum atomic E-state index is 14.0. The van der Waals surface area contributed by atoms with E-state index in [1.807, 2.05) is 0 Å². The molecule has 0 spiro atoms. The lowest BCUT2D eigenvalue weighted by Crippen LogP contribution is -2.36. The molecule has 0 saturated carbocycles. The number of carbonyl (C=O) groups excluding carboxylic acids is 1. The number of nitriles is 1. The lowest BCUT2D eigenvalue weighted by Gasteiger charge is -2.26. The first-order valence-electron chi connectivity index (χ1n) is 16.0. The molecule has 9 aromatic carbocycles. The second-order valence-electron chi connectivity index (χ2n) is 12.8. The topological polar surface area (TPSA) is 50.1 Å². The Kier molecular flexibility index (Phi) is 5.98. The maximum Gasteiger partial charge on any atom is 0.327 e. The molecule has 0 aliphatic rings. The van der Waals surface area contributed by atoms with Crippen molar-refractivity contribution in [2.24, 2.45) is 5.41 Å². The summed E-state index contributed by atoms with van der Waals surface area (Å²) in [4.78, 5) is 14.0. The van der Waals surface area contributed by atoms with E-state index in [-0.39, 0.29) is 19.4 Å². The summed E-state index contributed by atoms with van der Waals surface area (Å²) in [6.45, 7) is 3.79. The Morgan fingerprint density at radius 2 is 1.02 bits per heavy atom. The lowest BCUT2D eigenvalue weighted by molar-refractivity contribution is -0.151. The van der Waals surface area contributed by atoms with E-state index in [1.165, 1.54) is 53.9 Å². The molecule has 0 aromatic heterocycles. The van der Waals surface area contributed by atoms with Gasteiger partial charge in [0.1, 0.15) is 6.61 Å². The minimum atomic E-state index is -1.44. The summed E-state index contributed by atoms with van der Waals surface area (Å²) in [5, 5.41) is 27.4. The van der Waals surface area contributed by atoms with Gasteiger partial charge in [0.2, 0.25) is 0 Å². The molecule has 3 nitrogen and oxygen atoms in total. The number of hydrogen-bond acceptors (Lipinski definition) is 3. The highest BCUT2D eigenvalue weighted by molar-refractivity contribution is 6.33. The molecule has 47 heavy (non-hydrogen) atoms. The van der Waals surface area contributed by atoms with E-state index in [0.29, 0.717) is 0 Å². The Hall–Kier alpha value is -5.98. The number of carbonyl (C=O) groups is 1. The molecule has 0 bridgehead atoms. The molecule has 0 radical (unpaired) electrons. The number of benzene rings is 9. The van der Waals surface area contributed by atoms with Crippen LogP contribution < -0.4 is 0 Å². The monoisotopic (exact) mass is 603 g/mol. The van der Waals surface area contributed by atoms with Gasteiger partial charge in [0.05, 0.1) is 6.07 Å². The zero-order valence-electron chi connectivity index (χ0n) is 25.7. The standard InChI is InChI=1S/C44H29NO2/c1-2-19-47-43(46)44(26-45,24-27-20-33-17-15-30-7-3-8-31-16-18-34(21-27)40(33)39(30)31)25-28-22-32-11-6-13-36-35-12-4-9-29-10-5-14-37(41(29)35)38(23-28)42(32)36/h2-18,20-23H,1,19,24-25H2. The normalized spacial score (nSPS) is 13.3. The van der Waals surface area contributed by atoms with Crippen LogP contribution >= 0.6 is 0 Å². The third kappa shape index (κ3) is 4.08. The van der Waals surface area contributed by atoms with E-state index in [9.17, 15) is 10.1 Å². The van der Waals surface area contributed by atoms with Gasteiger partial charge in [-0.25, -0.2) is 0 Å². The van der Waals surface area contributed by atoms with Gasteiger partial charge in [-0.2, -0.15) is 5.26 Å². The number of rotatable bonds is 7. The Labute approximate surface area is 271 Å². The Balaban J connectivity index is 1.22. The van der Waals surface area contributed by atoms with Gasteiger partial charge in [0.15, 0.2) is 5.41 Å². The van der Waals surface area contributed by atoms with Crippen molar-refractivity contribution in [2.75, 3.05) is 6.61 Å². The van der Waals surface area contributed by atoms with E-state index in [1.54, 1.807) is 6.08 Å². The van der Waals surface area contributed by atoms with Crippen LogP contribution in [0.1, 0.15) is 11.1 Å². The molecule has 0 aliphatic heterocycles. The summed E-state index contributed by atoms with van der Waals surface area (Å²) in [7, 11) is 0. The van der Waals surface area contributed by atoms with E-state index in [4.69, 9.17) is 4.74 Å². The highest BCUT2D eigenvalue weighted by Crippen LogP contribution is 2.42. The molecule has 0 heterocycles. The van der Waals surface area contributed by atoms with Crippen LogP contribution in [0.4, 0.5) is 0 Å². The first-order valence-corrected chi connectivity index (χ1v) is 16.0. The fourth-order valence-electron chi connectivity index (χ4n) is 8.04. The largest absolute Gasteiger partial charge is 0.460 e. The Bertz CT molecular complexity index is 2680. The van der Waals surface area contributed by atoms with E-state index >= 15 is 0 Å². The van der Waals surface area contributed by atoms with Crippen LogP contribution in [0.5, 0.6) is 0 Å². The van der Waals surface area contributed by atoms with Gasteiger partial charge in [-0.15, -0.1) is 0 Å². The number of ether oxygens (including phenoxy) is 1. The summed E-state index contributed by atoms with van der Waals surface area (Å²) in [6.07, 6.45) is 1.99. The summed E-state index contributed by atoms with van der Waals surface area (Å²) in [5.41, 5.74) is 0.410. The molecule has 0 fully saturated rings. The molecule has 1 atom stereocenters. The van der Waals surface area contributed by atoms with Crippen molar-refractivity contribution in [3.8, 4) is 6.07 Å². The molecule has 0 amide bonds. The van der Waals surface area contributed by atoms with Crippen molar-refractivity contribution in [3.05, 3.63) is 145 Å². The molecule has 0 aliphatic carbocycles. The third-order valence-electron chi connectivity index (χ3n) is 9.99. The molecule has 0 saturated heterocycles. The Morgan fingerprint density at radius 1 is 0.596 bits per heavy atom. The van der Waals surface area contributed by atoms with Gasteiger partial charge in [-0.1, -0.05) is 134 Å². The van der Waals surface area contributed by atoms with Crippen molar-refractivity contribution in [2.45, 2.75) is 12.8 Å². The van der Waals surface area contributed by atoms with Gasteiger partial charge < -0.3 is 4.74 Å². The summed E-state index contributed by atoms with van der Waals surface area (Å²) < 4.78 is 5.68. The summed E-state index contributed by atoms with van der Waals surface area (Å²) in [5.74, 6) is -0.528. The zero-order valence-corrected chi connectivity index (χ0v) is 25.7. The molecule has 1 unspecified atom stereocenters. The highest BCUT2D eigenvalue weighted by Gasteiger charge is 2.41. The minimum Gasteiger partial charge on any atom is -0.460 e. The number of fused-ring (bicyclic) bond motifs is 2. The average Bonchev–Trinajstić information content (AvgIpc) is 3.11. The molecule has 9 rings (SSSR count). The summed E-state index contributed by atoms with van der Waals surface area (Å²) in [6, 6.07) is 45.3. The van der Waals surface area contributed by atoms with Gasteiger partial charge in [0, 0.05) is 12.8 Å². The van der Waals surface area contributed by atoms with E-state index in [2.05, 4.69) is 134 Å². The molecule has 0 N–H and O–H groups in total. The first kappa shape index (κ1) is 27.3. The van der Waals surface area contributed by atoms with Crippen LogP contribution in [0.25, 0.3) is 75.4 Å². The average molecular weight is 604 g/mol. The van der Waals surface area contributed by atoms with Gasteiger partial charge in [-0.3, -0.25) is 4.79 Å². The second-order valence-corrected chi connectivity index (χ2v) is 12.8. The fraction of sp³-hybridized carbons (Fsp3) is 0.0909. The lowest BCUT2D eigenvalue weighted by atomic mass is 9.76. The van der Waals surface area contributed by atoms with Crippen molar-refractivity contribution in [1.29, 1.82) is 5.26 Å². The maximum absolute atomic E-state index is 14.0. The fourth-order valence-corrected chi connectivity index (χ4v) is 8.04. The number of esters is 1. The predicted octanol–water partition coefficient (Wildman–Crippen LogP) is 10.7. The quantitative estimate of drug-likeness (QED) is 0.0788. The van der Waals surface area contributed by atoms with Crippen LogP contribution in [-0.4, -0.2) is 12.6 Å². The first-order chi connectivity index (χ1) is 23.1. The van der Waals surface area contributed by atoms with Crippen molar-refractivity contribution in [1.82, 2.24) is 0 Å². The van der Waals surface area contributed by atoms with E-state index < -0.39 is 11.4 Å². The van der Waals surface area contributed by atoms with Gasteiger partial charge in [0.25, 0.3) is 0 Å². The molecular formula is C44H29NO2. The molecule has 9 aromatic rings. The SMILES string of the molecule is C=CCOC(=O)C(C#N)(Cc1cc2ccc3cccc4ccc(c1)c2c34)Cc1cc2cccc3c4cccc5cccc(c(c1)c23)c54. The third-order valence-corrected chi connectivity index (χ3v) is 9.99.